The second-order valence-corrected chi connectivity index (χ2v) is 7.59. The number of benzene rings is 1. The van der Waals surface area contributed by atoms with Gasteiger partial charge in [-0.05, 0) is 31.0 Å². The van der Waals surface area contributed by atoms with Crippen molar-refractivity contribution in [3.63, 3.8) is 0 Å². The number of sulfonamides is 1. The maximum atomic E-state index is 12.7. The summed E-state index contributed by atoms with van der Waals surface area (Å²) in [6, 6.07) is 4.87. The van der Waals surface area contributed by atoms with E-state index < -0.39 is 10.0 Å². The molecule has 1 fully saturated rings. The van der Waals surface area contributed by atoms with Gasteiger partial charge in [-0.15, -0.1) is 0 Å². The molecule has 5 nitrogen and oxygen atoms in total. The zero-order valence-corrected chi connectivity index (χ0v) is 13.8. The summed E-state index contributed by atoms with van der Waals surface area (Å²) >= 11 is 3.28. The Balaban J connectivity index is 2.28. The van der Waals surface area contributed by atoms with Gasteiger partial charge < -0.3 is 10.5 Å². The first-order chi connectivity index (χ1) is 9.45. The fourth-order valence-electron chi connectivity index (χ4n) is 2.28. The second-order valence-electron chi connectivity index (χ2n) is 4.77. The molecule has 0 bridgehead atoms. The van der Waals surface area contributed by atoms with E-state index in [1.165, 1.54) is 4.31 Å². The molecular formula is C13H19BrN2O3S. The van der Waals surface area contributed by atoms with Gasteiger partial charge in [0, 0.05) is 24.2 Å². The highest BCUT2D eigenvalue weighted by Gasteiger charge is 2.29. The number of hydrogen-bond donors (Lipinski definition) is 1. The fraction of sp³-hybridized carbons (Fsp3) is 0.538. The maximum Gasteiger partial charge on any atom is 0.245 e. The fourth-order valence-corrected chi connectivity index (χ4v) is 4.42. The smallest absolute Gasteiger partial charge is 0.245 e. The molecular weight excluding hydrogens is 344 g/mol. The van der Waals surface area contributed by atoms with Crippen LogP contribution in [0.3, 0.4) is 0 Å². The van der Waals surface area contributed by atoms with E-state index in [9.17, 15) is 8.42 Å². The quantitative estimate of drug-likeness (QED) is 0.815. The van der Waals surface area contributed by atoms with E-state index >= 15 is 0 Å². The summed E-state index contributed by atoms with van der Waals surface area (Å²) in [5.74, 6) is 0. The van der Waals surface area contributed by atoms with Crippen LogP contribution in [0.15, 0.2) is 27.6 Å². The van der Waals surface area contributed by atoms with Gasteiger partial charge in [0.05, 0.1) is 11.8 Å². The molecule has 0 amide bonds. The highest BCUT2D eigenvalue weighted by atomic mass is 79.9. The van der Waals surface area contributed by atoms with Crippen molar-refractivity contribution in [3.8, 4) is 0 Å². The van der Waals surface area contributed by atoms with Crippen LogP contribution in [0.4, 0.5) is 5.69 Å². The van der Waals surface area contributed by atoms with Crippen LogP contribution in [-0.2, 0) is 14.8 Å². The summed E-state index contributed by atoms with van der Waals surface area (Å²) in [5.41, 5.74) is 6.08. The van der Waals surface area contributed by atoms with Gasteiger partial charge in [0.1, 0.15) is 4.90 Å². The van der Waals surface area contributed by atoms with Gasteiger partial charge in [-0.2, -0.15) is 4.31 Å². The van der Waals surface area contributed by atoms with Gasteiger partial charge >= 0.3 is 0 Å². The van der Waals surface area contributed by atoms with Crippen LogP contribution in [0.1, 0.15) is 19.8 Å². The van der Waals surface area contributed by atoms with Crippen molar-refractivity contribution in [3.05, 3.63) is 22.7 Å². The Morgan fingerprint density at radius 1 is 1.50 bits per heavy atom. The Labute approximate surface area is 128 Å². The SMILES string of the molecule is CCN(CC1CCCO1)S(=O)(=O)c1cc(Br)ccc1N. The number of ether oxygens (including phenoxy) is 1. The van der Waals surface area contributed by atoms with Crippen molar-refractivity contribution < 1.29 is 13.2 Å². The van der Waals surface area contributed by atoms with Crippen LogP contribution in [0.5, 0.6) is 0 Å². The third-order valence-electron chi connectivity index (χ3n) is 3.38. The monoisotopic (exact) mass is 362 g/mol. The molecule has 0 radical (unpaired) electrons. The summed E-state index contributed by atoms with van der Waals surface area (Å²) in [6.07, 6.45) is 1.87. The highest BCUT2D eigenvalue weighted by molar-refractivity contribution is 9.10. The number of anilines is 1. The third kappa shape index (κ3) is 3.33. The normalized spacial score (nSPS) is 19.6. The van der Waals surface area contributed by atoms with Gasteiger partial charge in [-0.1, -0.05) is 22.9 Å². The topological polar surface area (TPSA) is 72.6 Å². The molecule has 2 rings (SSSR count). The minimum Gasteiger partial charge on any atom is -0.398 e. The van der Waals surface area contributed by atoms with E-state index in [2.05, 4.69) is 15.9 Å². The van der Waals surface area contributed by atoms with Crippen LogP contribution in [0.25, 0.3) is 0 Å². The van der Waals surface area contributed by atoms with Crippen LogP contribution in [0.2, 0.25) is 0 Å². The maximum absolute atomic E-state index is 12.7. The zero-order valence-electron chi connectivity index (χ0n) is 11.4. The van der Waals surface area contributed by atoms with E-state index in [-0.39, 0.29) is 16.7 Å². The Bertz CT molecular complexity index is 571. The van der Waals surface area contributed by atoms with Crippen molar-refractivity contribution >= 4 is 31.6 Å². The first kappa shape index (κ1) is 15.8. The lowest BCUT2D eigenvalue weighted by Crippen LogP contribution is -2.37. The Kier molecular flexibility index (Phi) is 5.06. The Morgan fingerprint density at radius 3 is 2.85 bits per heavy atom. The molecule has 20 heavy (non-hydrogen) atoms. The molecule has 1 heterocycles. The number of nitrogens with zero attached hydrogens (tertiary/aromatic N) is 1. The lowest BCUT2D eigenvalue weighted by Gasteiger charge is -2.24. The number of rotatable bonds is 5. The molecule has 1 aliphatic rings. The number of halogens is 1. The standard InChI is InChI=1S/C13H19BrN2O3S/c1-2-16(9-11-4-3-7-19-11)20(17,18)13-8-10(14)5-6-12(13)15/h5-6,8,11H,2-4,7,9,15H2,1H3. The molecule has 1 aliphatic heterocycles. The minimum atomic E-state index is -3.59. The number of nitrogens with two attached hydrogens (primary N) is 1. The van der Waals surface area contributed by atoms with Gasteiger partial charge in [0.25, 0.3) is 0 Å². The molecule has 1 aromatic rings. The summed E-state index contributed by atoms with van der Waals surface area (Å²) in [4.78, 5) is 0.145. The molecule has 1 aromatic carbocycles. The van der Waals surface area contributed by atoms with Crippen molar-refractivity contribution in [1.82, 2.24) is 4.31 Å². The molecule has 1 unspecified atom stereocenters. The van der Waals surface area contributed by atoms with Crippen molar-refractivity contribution in [2.75, 3.05) is 25.4 Å². The molecule has 0 saturated carbocycles. The van der Waals surface area contributed by atoms with Gasteiger partial charge in [-0.25, -0.2) is 8.42 Å². The number of nitrogen functional groups attached to an aromatic ring is 1. The minimum absolute atomic E-state index is 0.0156. The lowest BCUT2D eigenvalue weighted by atomic mass is 10.2. The Morgan fingerprint density at radius 2 is 2.25 bits per heavy atom. The molecule has 1 atom stereocenters. The summed E-state index contributed by atoms with van der Waals surface area (Å²) in [6.45, 7) is 3.31. The summed E-state index contributed by atoms with van der Waals surface area (Å²) in [7, 11) is -3.59. The van der Waals surface area contributed by atoms with E-state index in [0.29, 0.717) is 24.2 Å². The molecule has 1 saturated heterocycles. The van der Waals surface area contributed by atoms with E-state index in [1.807, 2.05) is 6.92 Å². The predicted octanol–water partition coefficient (Wildman–Crippen LogP) is 2.22. The number of likely N-dealkylation sites (N-methyl/N-ethyl adjacent to an activating group) is 1. The molecule has 2 N–H and O–H groups in total. The average molecular weight is 363 g/mol. The molecule has 0 aliphatic carbocycles. The first-order valence-corrected chi connectivity index (χ1v) is 8.85. The molecule has 7 heteroatoms. The first-order valence-electron chi connectivity index (χ1n) is 6.62. The second kappa shape index (κ2) is 6.43. The summed E-state index contributed by atoms with van der Waals surface area (Å²) < 4.78 is 33.0. The number of hydrogen-bond acceptors (Lipinski definition) is 4. The Hall–Kier alpha value is -0.630. The zero-order chi connectivity index (χ0) is 14.8. The van der Waals surface area contributed by atoms with Gasteiger partial charge in [-0.3, -0.25) is 0 Å². The van der Waals surface area contributed by atoms with E-state index in [1.54, 1.807) is 18.2 Å². The van der Waals surface area contributed by atoms with Crippen LogP contribution < -0.4 is 5.73 Å². The molecule has 0 aromatic heterocycles. The van der Waals surface area contributed by atoms with Crippen molar-refractivity contribution in [2.45, 2.75) is 30.8 Å². The van der Waals surface area contributed by atoms with Crippen LogP contribution in [-0.4, -0.2) is 38.5 Å². The largest absolute Gasteiger partial charge is 0.398 e. The molecule has 0 spiro atoms. The highest BCUT2D eigenvalue weighted by Crippen LogP contribution is 2.27. The van der Waals surface area contributed by atoms with E-state index in [4.69, 9.17) is 10.5 Å². The van der Waals surface area contributed by atoms with E-state index in [0.717, 1.165) is 12.8 Å². The van der Waals surface area contributed by atoms with Crippen molar-refractivity contribution in [2.24, 2.45) is 0 Å². The van der Waals surface area contributed by atoms with Crippen LogP contribution >= 0.6 is 15.9 Å². The predicted molar refractivity (Wildman–Crippen MR) is 82.0 cm³/mol. The molecule has 112 valence electrons. The average Bonchev–Trinajstić information content (AvgIpc) is 2.91. The van der Waals surface area contributed by atoms with Gasteiger partial charge in [0.2, 0.25) is 10.0 Å². The lowest BCUT2D eigenvalue weighted by molar-refractivity contribution is 0.0947. The van der Waals surface area contributed by atoms with Crippen LogP contribution in [0, 0.1) is 0 Å². The van der Waals surface area contributed by atoms with Crippen molar-refractivity contribution in [1.29, 1.82) is 0 Å². The third-order valence-corrected chi connectivity index (χ3v) is 5.87. The summed E-state index contributed by atoms with van der Waals surface area (Å²) in [5, 5.41) is 0. The van der Waals surface area contributed by atoms with Gasteiger partial charge in [0.15, 0.2) is 0 Å².